The van der Waals surface area contributed by atoms with Crippen LogP contribution in [0.1, 0.15) is 56.2 Å². The quantitative estimate of drug-likeness (QED) is 0.698. The van der Waals surface area contributed by atoms with E-state index in [1.54, 1.807) is 14.2 Å². The second-order valence-electron chi connectivity index (χ2n) is 7.12. The van der Waals surface area contributed by atoms with Crippen molar-refractivity contribution in [2.75, 3.05) is 19.5 Å². The Hall–Kier alpha value is -2.69. The van der Waals surface area contributed by atoms with E-state index in [2.05, 4.69) is 56.5 Å². The SMILES string of the molecule is COc1ccc(CNC(=O)Nc2c(C(C)C)cccc2C(C)C)cc1OC. The lowest BCUT2D eigenvalue weighted by molar-refractivity contribution is 0.251. The molecule has 146 valence electrons. The highest BCUT2D eigenvalue weighted by Gasteiger charge is 2.16. The Morgan fingerprint density at radius 1 is 0.926 bits per heavy atom. The van der Waals surface area contributed by atoms with Crippen LogP contribution in [0.5, 0.6) is 11.5 Å². The molecule has 0 spiro atoms. The van der Waals surface area contributed by atoms with Crippen molar-refractivity contribution in [3.05, 3.63) is 53.1 Å². The number of nitrogens with one attached hydrogen (secondary N) is 2. The summed E-state index contributed by atoms with van der Waals surface area (Å²) < 4.78 is 10.6. The molecule has 0 aliphatic rings. The van der Waals surface area contributed by atoms with E-state index in [1.807, 2.05) is 18.2 Å². The monoisotopic (exact) mass is 370 g/mol. The molecule has 0 bridgehead atoms. The number of ether oxygens (including phenoxy) is 2. The number of amides is 2. The molecule has 5 heteroatoms. The Labute approximate surface area is 162 Å². The number of carbonyl (C=O) groups excluding carboxylic acids is 1. The molecule has 0 fully saturated rings. The summed E-state index contributed by atoms with van der Waals surface area (Å²) in [6, 6.07) is 11.6. The Bertz CT molecular complexity index is 759. The molecule has 2 N–H and O–H groups in total. The number of urea groups is 1. The Balaban J connectivity index is 2.12. The standard InChI is InChI=1S/C22H30N2O3/c1-14(2)17-8-7-9-18(15(3)4)21(17)24-22(25)23-13-16-10-11-19(26-5)20(12-16)27-6/h7-12,14-15H,13H2,1-6H3,(H2,23,24,25). The zero-order valence-corrected chi connectivity index (χ0v) is 17.1. The van der Waals surface area contributed by atoms with Crippen LogP contribution in [0.15, 0.2) is 36.4 Å². The third-order valence-corrected chi connectivity index (χ3v) is 4.51. The summed E-state index contributed by atoms with van der Waals surface area (Å²) in [4.78, 5) is 12.5. The third kappa shape index (κ3) is 5.16. The van der Waals surface area contributed by atoms with Gasteiger partial charge < -0.3 is 20.1 Å². The summed E-state index contributed by atoms with van der Waals surface area (Å²) in [5, 5.41) is 5.98. The first kappa shape index (κ1) is 20.6. The van der Waals surface area contributed by atoms with Crippen molar-refractivity contribution >= 4 is 11.7 Å². The van der Waals surface area contributed by atoms with E-state index in [-0.39, 0.29) is 6.03 Å². The van der Waals surface area contributed by atoms with Gasteiger partial charge in [-0.15, -0.1) is 0 Å². The topological polar surface area (TPSA) is 59.6 Å². The molecule has 2 aromatic rings. The summed E-state index contributed by atoms with van der Waals surface area (Å²) >= 11 is 0. The average molecular weight is 370 g/mol. The predicted octanol–water partition coefficient (Wildman–Crippen LogP) is 5.27. The van der Waals surface area contributed by atoms with Crippen LogP contribution in [0.2, 0.25) is 0 Å². The highest BCUT2D eigenvalue weighted by atomic mass is 16.5. The lowest BCUT2D eigenvalue weighted by atomic mass is 9.93. The molecular weight excluding hydrogens is 340 g/mol. The lowest BCUT2D eigenvalue weighted by Gasteiger charge is -2.20. The highest BCUT2D eigenvalue weighted by Crippen LogP contribution is 2.32. The van der Waals surface area contributed by atoms with Gasteiger partial charge in [-0.2, -0.15) is 0 Å². The van der Waals surface area contributed by atoms with E-state index in [1.165, 1.54) is 0 Å². The number of para-hydroxylation sites is 1. The van der Waals surface area contributed by atoms with Gasteiger partial charge in [0.25, 0.3) is 0 Å². The van der Waals surface area contributed by atoms with Crippen LogP contribution in [-0.4, -0.2) is 20.3 Å². The summed E-state index contributed by atoms with van der Waals surface area (Å²) in [5.41, 5.74) is 4.13. The van der Waals surface area contributed by atoms with Crippen LogP contribution in [0.4, 0.5) is 10.5 Å². The van der Waals surface area contributed by atoms with Crippen LogP contribution < -0.4 is 20.1 Å². The van der Waals surface area contributed by atoms with E-state index >= 15 is 0 Å². The van der Waals surface area contributed by atoms with Crippen molar-refractivity contribution in [2.24, 2.45) is 0 Å². The molecule has 5 nitrogen and oxygen atoms in total. The van der Waals surface area contributed by atoms with Crippen molar-refractivity contribution in [3.8, 4) is 11.5 Å². The molecular formula is C22H30N2O3. The minimum atomic E-state index is -0.222. The highest BCUT2D eigenvalue weighted by molar-refractivity contribution is 5.91. The van der Waals surface area contributed by atoms with Gasteiger partial charge in [-0.3, -0.25) is 0 Å². The first-order valence-electron chi connectivity index (χ1n) is 9.25. The molecule has 2 amide bonds. The fourth-order valence-electron chi connectivity index (χ4n) is 3.03. The van der Waals surface area contributed by atoms with Gasteiger partial charge in [0.2, 0.25) is 0 Å². The maximum Gasteiger partial charge on any atom is 0.319 e. The minimum Gasteiger partial charge on any atom is -0.493 e. The molecule has 0 aromatic heterocycles. The van der Waals surface area contributed by atoms with Crippen LogP contribution in [0.3, 0.4) is 0 Å². The molecule has 0 saturated heterocycles. The van der Waals surface area contributed by atoms with Gasteiger partial charge >= 0.3 is 6.03 Å². The second-order valence-corrected chi connectivity index (χ2v) is 7.12. The van der Waals surface area contributed by atoms with Crippen LogP contribution in [-0.2, 0) is 6.54 Å². The summed E-state index contributed by atoms with van der Waals surface area (Å²) in [6.45, 7) is 8.92. The van der Waals surface area contributed by atoms with Gasteiger partial charge in [-0.25, -0.2) is 4.79 Å². The molecule has 2 aromatic carbocycles. The first-order valence-corrected chi connectivity index (χ1v) is 9.25. The zero-order chi connectivity index (χ0) is 20.0. The van der Waals surface area contributed by atoms with Gasteiger partial charge in [0.15, 0.2) is 11.5 Å². The molecule has 0 unspecified atom stereocenters. The smallest absolute Gasteiger partial charge is 0.319 e. The van der Waals surface area contributed by atoms with E-state index < -0.39 is 0 Å². The van der Waals surface area contributed by atoms with E-state index in [0.717, 1.165) is 22.4 Å². The van der Waals surface area contributed by atoms with Gasteiger partial charge in [0.05, 0.1) is 14.2 Å². The fourth-order valence-corrected chi connectivity index (χ4v) is 3.03. The lowest BCUT2D eigenvalue weighted by Crippen LogP contribution is -2.29. The van der Waals surface area contributed by atoms with Gasteiger partial charge in [-0.05, 0) is 40.7 Å². The van der Waals surface area contributed by atoms with Crippen LogP contribution in [0, 0.1) is 0 Å². The van der Waals surface area contributed by atoms with Crippen LogP contribution >= 0.6 is 0 Å². The van der Waals surface area contributed by atoms with Crippen LogP contribution in [0.25, 0.3) is 0 Å². The fraction of sp³-hybridized carbons (Fsp3) is 0.409. The maximum atomic E-state index is 12.5. The number of hydrogen-bond donors (Lipinski definition) is 2. The molecule has 0 aliphatic heterocycles. The summed E-state index contributed by atoms with van der Waals surface area (Å²) in [6.07, 6.45) is 0. The zero-order valence-electron chi connectivity index (χ0n) is 17.1. The normalized spacial score (nSPS) is 10.8. The Morgan fingerprint density at radius 3 is 2.04 bits per heavy atom. The van der Waals surface area contributed by atoms with E-state index in [0.29, 0.717) is 29.9 Å². The molecule has 0 aliphatic carbocycles. The number of carbonyl (C=O) groups is 1. The largest absolute Gasteiger partial charge is 0.493 e. The molecule has 2 rings (SSSR count). The summed E-state index contributed by atoms with van der Waals surface area (Å²) in [5.74, 6) is 1.96. The van der Waals surface area contributed by atoms with Crippen molar-refractivity contribution in [2.45, 2.75) is 46.1 Å². The van der Waals surface area contributed by atoms with Crippen molar-refractivity contribution in [3.63, 3.8) is 0 Å². The molecule has 0 atom stereocenters. The third-order valence-electron chi connectivity index (χ3n) is 4.51. The van der Waals surface area contributed by atoms with E-state index in [9.17, 15) is 4.79 Å². The number of anilines is 1. The van der Waals surface area contributed by atoms with Crippen molar-refractivity contribution < 1.29 is 14.3 Å². The Kier molecular flexibility index (Phi) is 7.11. The second kappa shape index (κ2) is 9.31. The first-order chi connectivity index (χ1) is 12.9. The van der Waals surface area contributed by atoms with Gasteiger partial charge in [0, 0.05) is 12.2 Å². The number of hydrogen-bond acceptors (Lipinski definition) is 3. The van der Waals surface area contributed by atoms with Crippen molar-refractivity contribution in [1.29, 1.82) is 0 Å². The average Bonchev–Trinajstić information content (AvgIpc) is 2.65. The molecule has 0 saturated carbocycles. The van der Waals surface area contributed by atoms with Gasteiger partial charge in [0.1, 0.15) is 0 Å². The van der Waals surface area contributed by atoms with Gasteiger partial charge in [-0.1, -0.05) is 52.0 Å². The van der Waals surface area contributed by atoms with E-state index in [4.69, 9.17) is 9.47 Å². The van der Waals surface area contributed by atoms with Crippen molar-refractivity contribution in [1.82, 2.24) is 5.32 Å². The predicted molar refractivity (Wildman–Crippen MR) is 110 cm³/mol. The maximum absolute atomic E-state index is 12.5. The minimum absolute atomic E-state index is 0.222. The number of benzene rings is 2. The molecule has 0 radical (unpaired) electrons. The summed E-state index contributed by atoms with van der Waals surface area (Å²) in [7, 11) is 3.19. The molecule has 0 heterocycles. The molecule has 27 heavy (non-hydrogen) atoms. The Morgan fingerprint density at radius 2 is 1.52 bits per heavy atom. The number of methoxy groups -OCH3 is 2. The number of rotatable bonds is 7.